The number of hydrogen-bond acceptors (Lipinski definition) is 3. The Labute approximate surface area is 146 Å². The molecule has 1 N–H and O–H groups in total. The van der Waals surface area contributed by atoms with Crippen molar-refractivity contribution in [3.63, 3.8) is 0 Å². The Kier molecular flexibility index (Phi) is 5.00. The lowest BCUT2D eigenvalue weighted by molar-refractivity contribution is -0.121. The molecule has 2 heterocycles. The molecule has 4 nitrogen and oxygen atoms in total. The van der Waals surface area contributed by atoms with Gasteiger partial charge in [-0.2, -0.15) is 0 Å². The van der Waals surface area contributed by atoms with E-state index in [1.54, 1.807) is 0 Å². The van der Waals surface area contributed by atoms with Gasteiger partial charge in [0.15, 0.2) is 0 Å². The summed E-state index contributed by atoms with van der Waals surface area (Å²) in [5.41, 5.74) is 3.09. The molecule has 5 heteroatoms. The molecule has 2 aromatic rings. The van der Waals surface area contributed by atoms with Crippen molar-refractivity contribution >= 4 is 28.8 Å². The first kappa shape index (κ1) is 16.7. The highest BCUT2D eigenvalue weighted by Crippen LogP contribution is 2.23. The molecule has 24 heavy (non-hydrogen) atoms. The summed E-state index contributed by atoms with van der Waals surface area (Å²) in [5, 5.41) is 4.93. The summed E-state index contributed by atoms with van der Waals surface area (Å²) in [6, 6.07) is 9.72. The average Bonchev–Trinajstić information content (AvgIpc) is 3.11. The second-order valence-corrected chi connectivity index (χ2v) is 7.32. The predicted octanol–water partition coefficient (Wildman–Crippen LogP) is 3.86. The predicted molar refractivity (Wildman–Crippen MR) is 97.5 cm³/mol. The van der Waals surface area contributed by atoms with Crippen LogP contribution >= 0.6 is 11.3 Å². The Bertz CT molecular complexity index is 740. The lowest BCUT2D eigenvalue weighted by Gasteiger charge is -2.32. The number of nitrogens with zero attached hydrogens (tertiary/aromatic N) is 1. The van der Waals surface area contributed by atoms with Crippen LogP contribution in [0.5, 0.6) is 0 Å². The van der Waals surface area contributed by atoms with Crippen molar-refractivity contribution in [2.45, 2.75) is 26.7 Å². The minimum absolute atomic E-state index is 0.00522. The van der Waals surface area contributed by atoms with Gasteiger partial charge >= 0.3 is 0 Å². The van der Waals surface area contributed by atoms with E-state index in [1.165, 1.54) is 16.9 Å². The molecule has 0 bridgehead atoms. The molecule has 1 atom stereocenters. The lowest BCUT2D eigenvalue weighted by Crippen LogP contribution is -2.43. The van der Waals surface area contributed by atoms with Crippen molar-refractivity contribution in [3.05, 3.63) is 51.7 Å². The molecule has 1 aromatic carbocycles. The van der Waals surface area contributed by atoms with Crippen LogP contribution in [-0.2, 0) is 4.79 Å². The molecule has 126 valence electrons. The molecular formula is C19H22N2O2S. The highest BCUT2D eigenvalue weighted by atomic mass is 32.1. The number of likely N-dealkylation sites (tertiary alicyclic amines) is 1. The molecule has 1 aromatic heterocycles. The Hall–Kier alpha value is -2.14. The van der Waals surface area contributed by atoms with E-state index in [0.717, 1.165) is 35.5 Å². The van der Waals surface area contributed by atoms with E-state index in [4.69, 9.17) is 0 Å². The van der Waals surface area contributed by atoms with Gasteiger partial charge in [-0.25, -0.2) is 0 Å². The molecule has 0 unspecified atom stereocenters. The summed E-state index contributed by atoms with van der Waals surface area (Å²) in [7, 11) is 0. The number of carbonyl (C=O) groups is 2. The van der Waals surface area contributed by atoms with Crippen molar-refractivity contribution in [2.75, 3.05) is 18.4 Å². The van der Waals surface area contributed by atoms with Crippen LogP contribution in [0.2, 0.25) is 0 Å². The van der Waals surface area contributed by atoms with Gasteiger partial charge in [0.25, 0.3) is 5.91 Å². The molecule has 0 radical (unpaired) electrons. The molecule has 3 rings (SSSR count). The van der Waals surface area contributed by atoms with Crippen LogP contribution in [0.15, 0.2) is 35.7 Å². The van der Waals surface area contributed by atoms with Gasteiger partial charge in [0.05, 0.1) is 10.8 Å². The van der Waals surface area contributed by atoms with Crippen molar-refractivity contribution in [1.29, 1.82) is 0 Å². The monoisotopic (exact) mass is 342 g/mol. The number of benzene rings is 1. The number of thiophene rings is 1. The minimum Gasteiger partial charge on any atom is -0.337 e. The Morgan fingerprint density at radius 1 is 1.25 bits per heavy atom. The van der Waals surface area contributed by atoms with Crippen molar-refractivity contribution in [1.82, 2.24) is 4.90 Å². The summed E-state index contributed by atoms with van der Waals surface area (Å²) in [6.07, 6.45) is 1.69. The number of amides is 2. The van der Waals surface area contributed by atoms with Crippen LogP contribution < -0.4 is 5.32 Å². The first-order valence-electron chi connectivity index (χ1n) is 8.25. The van der Waals surface area contributed by atoms with Crippen LogP contribution in [0.25, 0.3) is 0 Å². The van der Waals surface area contributed by atoms with Gasteiger partial charge in [-0.05, 0) is 49.8 Å². The number of nitrogens with one attached hydrogen (secondary N) is 1. The number of piperidine rings is 1. The summed E-state index contributed by atoms with van der Waals surface area (Å²) >= 11 is 1.45. The number of aryl methyl sites for hydroxylation is 2. The van der Waals surface area contributed by atoms with Crippen molar-refractivity contribution in [2.24, 2.45) is 5.92 Å². The number of hydrogen-bond donors (Lipinski definition) is 1. The Morgan fingerprint density at radius 2 is 2.08 bits per heavy atom. The maximum Gasteiger partial charge on any atom is 0.263 e. The Balaban J connectivity index is 1.65. The van der Waals surface area contributed by atoms with Gasteiger partial charge < -0.3 is 10.2 Å². The fourth-order valence-corrected chi connectivity index (χ4v) is 3.81. The summed E-state index contributed by atoms with van der Waals surface area (Å²) < 4.78 is 0. The van der Waals surface area contributed by atoms with Gasteiger partial charge in [0, 0.05) is 18.8 Å². The zero-order valence-corrected chi connectivity index (χ0v) is 14.9. The van der Waals surface area contributed by atoms with E-state index in [2.05, 4.69) is 11.4 Å². The molecular weight excluding hydrogens is 320 g/mol. The van der Waals surface area contributed by atoms with Crippen molar-refractivity contribution in [3.8, 4) is 0 Å². The largest absolute Gasteiger partial charge is 0.337 e. The quantitative estimate of drug-likeness (QED) is 0.921. The van der Waals surface area contributed by atoms with Gasteiger partial charge in [-0.15, -0.1) is 11.3 Å². The molecule has 1 aliphatic heterocycles. The van der Waals surface area contributed by atoms with E-state index in [1.807, 2.05) is 48.4 Å². The third-order valence-electron chi connectivity index (χ3n) is 4.45. The zero-order valence-electron chi connectivity index (χ0n) is 14.0. The first-order chi connectivity index (χ1) is 11.5. The molecule has 0 spiro atoms. The molecule has 1 fully saturated rings. The van der Waals surface area contributed by atoms with Gasteiger partial charge in [0.1, 0.15) is 0 Å². The van der Waals surface area contributed by atoms with E-state index >= 15 is 0 Å². The summed E-state index contributed by atoms with van der Waals surface area (Å²) in [6.45, 7) is 5.25. The minimum atomic E-state index is -0.150. The topological polar surface area (TPSA) is 49.4 Å². The summed E-state index contributed by atoms with van der Waals surface area (Å²) in [5.74, 6) is -0.108. The van der Waals surface area contributed by atoms with Gasteiger partial charge in [0.2, 0.25) is 5.91 Å². The van der Waals surface area contributed by atoms with Crippen molar-refractivity contribution < 1.29 is 9.59 Å². The van der Waals surface area contributed by atoms with E-state index in [-0.39, 0.29) is 17.7 Å². The fourth-order valence-electron chi connectivity index (χ4n) is 3.12. The van der Waals surface area contributed by atoms with Gasteiger partial charge in [-0.3, -0.25) is 9.59 Å². The molecule has 0 aliphatic carbocycles. The average molecular weight is 342 g/mol. The zero-order chi connectivity index (χ0) is 17.1. The van der Waals surface area contributed by atoms with Crippen LogP contribution in [0, 0.1) is 19.8 Å². The molecule has 2 amide bonds. The normalized spacial score (nSPS) is 17.6. The molecule has 0 saturated carbocycles. The van der Waals surface area contributed by atoms with E-state index < -0.39 is 0 Å². The molecule has 1 aliphatic rings. The highest BCUT2D eigenvalue weighted by molar-refractivity contribution is 7.12. The number of rotatable bonds is 3. The SMILES string of the molecule is Cc1ccc(NC(=O)[C@H]2CCCN(C(=O)c3cccs3)C2)c(C)c1. The maximum absolute atomic E-state index is 12.6. The van der Waals surface area contributed by atoms with Gasteiger partial charge in [-0.1, -0.05) is 23.8 Å². The van der Waals surface area contributed by atoms with Crippen LogP contribution in [0.3, 0.4) is 0 Å². The molecule has 1 saturated heterocycles. The fraction of sp³-hybridized carbons (Fsp3) is 0.368. The Morgan fingerprint density at radius 3 is 2.79 bits per heavy atom. The number of anilines is 1. The third-order valence-corrected chi connectivity index (χ3v) is 5.31. The first-order valence-corrected chi connectivity index (χ1v) is 9.13. The smallest absolute Gasteiger partial charge is 0.263 e. The maximum atomic E-state index is 12.6. The van der Waals surface area contributed by atoms with Crippen LogP contribution in [0.1, 0.15) is 33.6 Å². The van der Waals surface area contributed by atoms with E-state index in [0.29, 0.717) is 6.54 Å². The highest BCUT2D eigenvalue weighted by Gasteiger charge is 2.29. The van der Waals surface area contributed by atoms with Crippen LogP contribution in [0.4, 0.5) is 5.69 Å². The third kappa shape index (κ3) is 3.67. The van der Waals surface area contributed by atoms with Crippen LogP contribution in [-0.4, -0.2) is 29.8 Å². The number of carbonyl (C=O) groups excluding carboxylic acids is 2. The second-order valence-electron chi connectivity index (χ2n) is 6.38. The standard InChI is InChI=1S/C19H22N2O2S/c1-13-7-8-16(14(2)11-13)20-18(22)15-5-3-9-21(12-15)19(23)17-6-4-10-24-17/h4,6-8,10-11,15H,3,5,9,12H2,1-2H3,(H,20,22)/t15-/m0/s1. The second kappa shape index (κ2) is 7.18. The summed E-state index contributed by atoms with van der Waals surface area (Å²) in [4.78, 5) is 27.6. The lowest BCUT2D eigenvalue weighted by atomic mass is 9.96. The van der Waals surface area contributed by atoms with E-state index in [9.17, 15) is 9.59 Å².